The molecule has 2 aliphatic rings. The molecule has 1 N–H and O–H groups in total. The molecule has 2 bridgehead atoms. The molecule has 0 aromatic heterocycles. The number of rotatable bonds is 1. The van der Waals surface area contributed by atoms with Crippen LogP contribution in [0.1, 0.15) is 33.6 Å². The van der Waals surface area contributed by atoms with Gasteiger partial charge in [0, 0.05) is 6.04 Å². The van der Waals surface area contributed by atoms with E-state index in [2.05, 4.69) is 5.32 Å². The summed E-state index contributed by atoms with van der Waals surface area (Å²) in [6.45, 7) is 6.85. The van der Waals surface area contributed by atoms with Crippen molar-refractivity contribution in [1.82, 2.24) is 5.32 Å². The van der Waals surface area contributed by atoms with E-state index in [0.29, 0.717) is 12.0 Å². The Bertz CT molecular complexity index is 244. The molecule has 1 saturated heterocycles. The van der Waals surface area contributed by atoms with Crippen LogP contribution in [-0.2, 0) is 9.53 Å². The number of fused-ring (bicyclic) bond motifs is 2. The number of carbonyl (C=O) groups is 1. The Hall–Kier alpha value is -0.570. The summed E-state index contributed by atoms with van der Waals surface area (Å²) in [5.41, 5.74) is -0.348. The van der Waals surface area contributed by atoms with Crippen LogP contribution in [0.2, 0.25) is 0 Å². The third-order valence-electron chi connectivity index (χ3n) is 3.04. The lowest BCUT2D eigenvalue weighted by atomic mass is 9.99. The second kappa shape index (κ2) is 3.23. The number of piperidine rings is 1. The average Bonchev–Trinajstić information content (AvgIpc) is 2.59. The van der Waals surface area contributed by atoms with Crippen LogP contribution in [0.5, 0.6) is 0 Å². The first kappa shape index (κ1) is 9.97. The maximum absolute atomic E-state index is 11.8. The molecule has 0 radical (unpaired) electrons. The summed E-state index contributed by atoms with van der Waals surface area (Å²) in [6, 6.07) is 0.384. The second-order valence-corrected chi connectivity index (χ2v) is 5.49. The Kier molecular flexibility index (Phi) is 2.30. The molecule has 2 fully saturated rings. The van der Waals surface area contributed by atoms with Gasteiger partial charge in [0.15, 0.2) is 0 Å². The number of ether oxygens (including phenoxy) is 1. The molecular weight excluding hydrogens is 178 g/mol. The predicted molar refractivity (Wildman–Crippen MR) is 53.8 cm³/mol. The summed E-state index contributed by atoms with van der Waals surface area (Å²) in [5, 5.41) is 3.37. The molecule has 3 heteroatoms. The maximum atomic E-state index is 11.8. The lowest BCUT2D eigenvalue weighted by Crippen LogP contribution is -2.40. The van der Waals surface area contributed by atoms with Crippen LogP contribution in [0, 0.1) is 11.8 Å². The van der Waals surface area contributed by atoms with E-state index in [1.807, 2.05) is 20.8 Å². The SMILES string of the molecule is CC(C)(C)OC(=O)C1CC2CNC1C2. The van der Waals surface area contributed by atoms with Crippen LogP contribution in [0.4, 0.5) is 0 Å². The third kappa shape index (κ3) is 1.92. The van der Waals surface area contributed by atoms with Gasteiger partial charge in [0.25, 0.3) is 0 Å². The number of hydrogen-bond donors (Lipinski definition) is 1. The Morgan fingerprint density at radius 2 is 2.07 bits per heavy atom. The molecule has 0 aromatic carbocycles. The minimum Gasteiger partial charge on any atom is -0.460 e. The quantitative estimate of drug-likeness (QED) is 0.644. The zero-order valence-electron chi connectivity index (χ0n) is 9.17. The number of carbonyl (C=O) groups excluding carboxylic acids is 1. The van der Waals surface area contributed by atoms with Gasteiger partial charge in [0.1, 0.15) is 5.60 Å². The smallest absolute Gasteiger partial charge is 0.311 e. The van der Waals surface area contributed by atoms with E-state index in [-0.39, 0.29) is 17.5 Å². The fourth-order valence-electron chi connectivity index (χ4n) is 2.49. The van der Waals surface area contributed by atoms with Gasteiger partial charge in [-0.05, 0) is 46.1 Å². The lowest BCUT2D eigenvalue weighted by Gasteiger charge is -2.26. The van der Waals surface area contributed by atoms with Gasteiger partial charge in [0.2, 0.25) is 0 Å². The van der Waals surface area contributed by atoms with Crippen molar-refractivity contribution in [2.24, 2.45) is 11.8 Å². The molecule has 1 saturated carbocycles. The van der Waals surface area contributed by atoms with Crippen molar-refractivity contribution in [3.05, 3.63) is 0 Å². The minimum absolute atomic E-state index is 0.0165. The topological polar surface area (TPSA) is 38.3 Å². The lowest BCUT2D eigenvalue weighted by molar-refractivity contribution is -0.160. The van der Waals surface area contributed by atoms with Gasteiger partial charge in [-0.15, -0.1) is 0 Å². The normalized spacial score (nSPS) is 36.1. The molecule has 0 spiro atoms. The van der Waals surface area contributed by atoms with Crippen LogP contribution < -0.4 is 5.32 Å². The van der Waals surface area contributed by atoms with Gasteiger partial charge >= 0.3 is 5.97 Å². The molecular formula is C11H19NO2. The van der Waals surface area contributed by atoms with Crippen molar-refractivity contribution in [2.75, 3.05) is 6.54 Å². The summed E-state index contributed by atoms with van der Waals surface area (Å²) >= 11 is 0. The van der Waals surface area contributed by atoms with Crippen LogP contribution in [-0.4, -0.2) is 24.2 Å². The van der Waals surface area contributed by atoms with E-state index < -0.39 is 0 Å². The van der Waals surface area contributed by atoms with Gasteiger partial charge in [-0.25, -0.2) is 0 Å². The first-order chi connectivity index (χ1) is 6.46. The zero-order chi connectivity index (χ0) is 10.3. The van der Waals surface area contributed by atoms with Crippen molar-refractivity contribution < 1.29 is 9.53 Å². The van der Waals surface area contributed by atoms with E-state index in [1.54, 1.807) is 0 Å². The summed E-state index contributed by atoms with van der Waals surface area (Å²) in [4.78, 5) is 11.8. The molecule has 3 nitrogen and oxygen atoms in total. The van der Waals surface area contributed by atoms with E-state index in [0.717, 1.165) is 19.4 Å². The van der Waals surface area contributed by atoms with Gasteiger partial charge in [-0.1, -0.05) is 0 Å². The van der Waals surface area contributed by atoms with Crippen molar-refractivity contribution in [1.29, 1.82) is 0 Å². The third-order valence-corrected chi connectivity index (χ3v) is 3.04. The Balaban J connectivity index is 1.93. The Morgan fingerprint density at radius 1 is 1.36 bits per heavy atom. The van der Waals surface area contributed by atoms with Gasteiger partial charge in [0.05, 0.1) is 5.92 Å². The fraction of sp³-hybridized carbons (Fsp3) is 0.909. The Labute approximate surface area is 85.2 Å². The second-order valence-electron chi connectivity index (χ2n) is 5.49. The first-order valence-corrected chi connectivity index (χ1v) is 5.42. The number of esters is 1. The predicted octanol–water partition coefficient (Wildman–Crippen LogP) is 1.33. The highest BCUT2D eigenvalue weighted by molar-refractivity contribution is 5.74. The monoisotopic (exact) mass is 197 g/mol. The van der Waals surface area contributed by atoms with Gasteiger partial charge < -0.3 is 10.1 Å². The van der Waals surface area contributed by atoms with Crippen molar-refractivity contribution in [3.8, 4) is 0 Å². The van der Waals surface area contributed by atoms with Crippen LogP contribution in [0.25, 0.3) is 0 Å². The van der Waals surface area contributed by atoms with Crippen LogP contribution in [0.15, 0.2) is 0 Å². The van der Waals surface area contributed by atoms with Crippen molar-refractivity contribution in [3.63, 3.8) is 0 Å². The fourth-order valence-corrected chi connectivity index (χ4v) is 2.49. The highest BCUT2D eigenvalue weighted by Gasteiger charge is 2.44. The maximum Gasteiger partial charge on any atom is 0.311 e. The molecule has 3 unspecified atom stereocenters. The van der Waals surface area contributed by atoms with E-state index in [4.69, 9.17) is 4.74 Å². The molecule has 0 aromatic rings. The minimum atomic E-state index is -0.348. The Morgan fingerprint density at radius 3 is 2.50 bits per heavy atom. The molecule has 3 atom stereocenters. The van der Waals surface area contributed by atoms with Gasteiger partial charge in [-0.3, -0.25) is 4.79 Å². The average molecular weight is 197 g/mol. The van der Waals surface area contributed by atoms with Crippen molar-refractivity contribution >= 4 is 5.97 Å². The largest absolute Gasteiger partial charge is 0.460 e. The van der Waals surface area contributed by atoms with E-state index in [1.165, 1.54) is 0 Å². The van der Waals surface area contributed by atoms with Crippen LogP contribution in [0.3, 0.4) is 0 Å². The molecule has 14 heavy (non-hydrogen) atoms. The summed E-state index contributed by atoms with van der Waals surface area (Å²) in [6.07, 6.45) is 2.18. The van der Waals surface area contributed by atoms with E-state index >= 15 is 0 Å². The standard InChI is InChI=1S/C11H19NO2/c1-11(2,3)14-10(13)8-4-7-5-9(8)12-6-7/h7-9,12H,4-6H2,1-3H3. The summed E-state index contributed by atoms with van der Waals surface area (Å²) in [7, 11) is 0. The molecule has 1 aliphatic carbocycles. The number of nitrogens with one attached hydrogen (secondary N) is 1. The molecule has 1 aliphatic heterocycles. The molecule has 2 rings (SSSR count). The molecule has 80 valence electrons. The van der Waals surface area contributed by atoms with Crippen LogP contribution >= 0.6 is 0 Å². The summed E-state index contributed by atoms with van der Waals surface area (Å²) in [5.74, 6) is 0.794. The zero-order valence-corrected chi connectivity index (χ0v) is 9.17. The highest BCUT2D eigenvalue weighted by atomic mass is 16.6. The first-order valence-electron chi connectivity index (χ1n) is 5.42. The van der Waals surface area contributed by atoms with Crippen molar-refractivity contribution in [2.45, 2.75) is 45.3 Å². The number of hydrogen-bond acceptors (Lipinski definition) is 3. The summed E-state index contributed by atoms with van der Waals surface area (Å²) < 4.78 is 5.40. The van der Waals surface area contributed by atoms with E-state index in [9.17, 15) is 4.79 Å². The molecule has 1 heterocycles. The van der Waals surface area contributed by atoms with Gasteiger partial charge in [-0.2, -0.15) is 0 Å². The molecule has 0 amide bonds. The highest BCUT2D eigenvalue weighted by Crippen LogP contribution is 2.37.